The van der Waals surface area contributed by atoms with Gasteiger partial charge in [-0.05, 0) is 54.9 Å². The van der Waals surface area contributed by atoms with Crippen molar-refractivity contribution in [1.82, 2.24) is 0 Å². The second-order valence-corrected chi connectivity index (χ2v) is 4.60. The van der Waals surface area contributed by atoms with Crippen LogP contribution in [0.3, 0.4) is 0 Å². The molecule has 0 radical (unpaired) electrons. The number of carboxylic acid groups (broad SMARTS) is 1. The van der Waals surface area contributed by atoms with Gasteiger partial charge in [0.15, 0.2) is 0 Å². The van der Waals surface area contributed by atoms with E-state index in [1.54, 1.807) is 0 Å². The van der Waals surface area contributed by atoms with E-state index in [1.165, 1.54) is 12.1 Å². The number of hydrogen-bond acceptors (Lipinski definition) is 1. The minimum atomic E-state index is -0.807. The molecule has 3 heteroatoms. The van der Waals surface area contributed by atoms with Gasteiger partial charge in [0.2, 0.25) is 0 Å². The number of benzene rings is 1. The fourth-order valence-electron chi connectivity index (χ4n) is 2.22. The van der Waals surface area contributed by atoms with Crippen molar-refractivity contribution in [3.05, 3.63) is 35.1 Å². The monoisotopic (exact) mass is 222 g/mol. The first-order valence-electron chi connectivity index (χ1n) is 5.55. The minimum Gasteiger partial charge on any atom is -0.481 e. The number of rotatable bonds is 4. The number of carbonyl (C=O) groups is 1. The van der Waals surface area contributed by atoms with Crippen molar-refractivity contribution in [2.45, 2.75) is 32.1 Å². The van der Waals surface area contributed by atoms with Gasteiger partial charge in [-0.2, -0.15) is 0 Å². The van der Waals surface area contributed by atoms with Crippen LogP contribution in [0, 0.1) is 18.7 Å². The largest absolute Gasteiger partial charge is 0.481 e. The summed E-state index contributed by atoms with van der Waals surface area (Å²) in [6, 6.07) is 4.84. The lowest BCUT2D eigenvalue weighted by atomic mass is 9.90. The molecule has 86 valence electrons. The highest BCUT2D eigenvalue weighted by molar-refractivity contribution is 5.68. The highest BCUT2D eigenvalue weighted by Gasteiger charge is 2.33. The van der Waals surface area contributed by atoms with E-state index in [1.807, 2.05) is 13.0 Å². The van der Waals surface area contributed by atoms with Gasteiger partial charge in [0, 0.05) is 0 Å². The molecule has 0 bridgehead atoms. The van der Waals surface area contributed by atoms with Crippen LogP contribution >= 0.6 is 0 Å². The molecule has 1 atom stereocenters. The van der Waals surface area contributed by atoms with Gasteiger partial charge in [-0.3, -0.25) is 4.79 Å². The number of carboxylic acids is 1. The summed E-state index contributed by atoms with van der Waals surface area (Å²) in [4.78, 5) is 10.8. The quantitative estimate of drug-likeness (QED) is 0.849. The maximum atomic E-state index is 13.3. The molecule has 0 amide bonds. The fraction of sp³-hybridized carbons (Fsp3) is 0.462. The van der Waals surface area contributed by atoms with E-state index in [0.717, 1.165) is 24.0 Å². The summed E-state index contributed by atoms with van der Waals surface area (Å²) in [5.74, 6) is -0.672. The van der Waals surface area contributed by atoms with Crippen molar-refractivity contribution in [1.29, 1.82) is 0 Å². The standard InChI is InChI=1S/C13H15FO2/c1-8-4-10(6-11(14)5-8)12(7-13(15)16)9-2-3-9/h4-6,9,12H,2-3,7H2,1H3,(H,15,16). The highest BCUT2D eigenvalue weighted by Crippen LogP contribution is 2.44. The number of aryl methyl sites for hydroxylation is 1. The van der Waals surface area contributed by atoms with E-state index >= 15 is 0 Å². The smallest absolute Gasteiger partial charge is 0.303 e. The Labute approximate surface area is 94.1 Å². The lowest BCUT2D eigenvalue weighted by Gasteiger charge is -2.15. The van der Waals surface area contributed by atoms with Gasteiger partial charge in [-0.25, -0.2) is 4.39 Å². The molecule has 2 rings (SSSR count). The Morgan fingerprint density at radius 3 is 2.69 bits per heavy atom. The average Bonchev–Trinajstić information content (AvgIpc) is 2.95. The van der Waals surface area contributed by atoms with Crippen LogP contribution in [0.2, 0.25) is 0 Å². The van der Waals surface area contributed by atoms with Crippen LogP contribution in [0.1, 0.15) is 36.3 Å². The third-order valence-electron chi connectivity index (χ3n) is 3.08. The van der Waals surface area contributed by atoms with E-state index in [0.29, 0.717) is 5.92 Å². The molecule has 0 aliphatic heterocycles. The zero-order valence-corrected chi connectivity index (χ0v) is 9.24. The van der Waals surface area contributed by atoms with Gasteiger partial charge in [0.05, 0.1) is 6.42 Å². The maximum Gasteiger partial charge on any atom is 0.303 e. The Morgan fingerprint density at radius 2 is 2.19 bits per heavy atom. The van der Waals surface area contributed by atoms with E-state index in [-0.39, 0.29) is 18.2 Å². The van der Waals surface area contributed by atoms with Crippen molar-refractivity contribution in [2.24, 2.45) is 5.92 Å². The summed E-state index contributed by atoms with van der Waals surface area (Å²) in [7, 11) is 0. The van der Waals surface area contributed by atoms with Crippen LogP contribution in [0.5, 0.6) is 0 Å². The average molecular weight is 222 g/mol. The van der Waals surface area contributed by atoms with Gasteiger partial charge in [0.1, 0.15) is 5.82 Å². The van der Waals surface area contributed by atoms with Gasteiger partial charge >= 0.3 is 5.97 Å². The topological polar surface area (TPSA) is 37.3 Å². The summed E-state index contributed by atoms with van der Waals surface area (Å²) >= 11 is 0. The SMILES string of the molecule is Cc1cc(F)cc(C(CC(=O)O)C2CC2)c1. The summed E-state index contributed by atoms with van der Waals surface area (Å²) in [5.41, 5.74) is 1.69. The summed E-state index contributed by atoms with van der Waals surface area (Å²) in [5, 5.41) is 8.87. The lowest BCUT2D eigenvalue weighted by molar-refractivity contribution is -0.137. The molecule has 1 aliphatic rings. The number of hydrogen-bond donors (Lipinski definition) is 1. The Kier molecular flexibility index (Phi) is 2.95. The lowest BCUT2D eigenvalue weighted by Crippen LogP contribution is -2.08. The first-order valence-corrected chi connectivity index (χ1v) is 5.55. The summed E-state index contributed by atoms with van der Waals surface area (Å²) in [6.07, 6.45) is 2.23. The Balaban J connectivity index is 2.26. The predicted molar refractivity (Wildman–Crippen MR) is 58.9 cm³/mol. The molecule has 1 aromatic rings. The van der Waals surface area contributed by atoms with Crippen LogP contribution in [-0.2, 0) is 4.79 Å². The Hall–Kier alpha value is -1.38. The predicted octanol–water partition coefficient (Wildman–Crippen LogP) is 3.10. The Bertz CT molecular complexity index is 390. The minimum absolute atomic E-state index is 0.0214. The second-order valence-electron chi connectivity index (χ2n) is 4.60. The van der Waals surface area contributed by atoms with Crippen molar-refractivity contribution in [3.63, 3.8) is 0 Å². The number of halogens is 1. The molecule has 0 aromatic heterocycles. The molecule has 1 unspecified atom stereocenters. The van der Waals surface area contributed by atoms with Crippen LogP contribution < -0.4 is 0 Å². The van der Waals surface area contributed by atoms with E-state index in [9.17, 15) is 9.18 Å². The molecule has 1 fully saturated rings. The van der Waals surface area contributed by atoms with E-state index in [2.05, 4.69) is 0 Å². The normalized spacial score (nSPS) is 17.1. The first-order chi connectivity index (χ1) is 7.56. The van der Waals surface area contributed by atoms with Crippen molar-refractivity contribution < 1.29 is 14.3 Å². The molecule has 0 spiro atoms. The second kappa shape index (κ2) is 4.24. The summed E-state index contributed by atoms with van der Waals surface area (Å²) in [6.45, 7) is 1.83. The maximum absolute atomic E-state index is 13.3. The van der Waals surface area contributed by atoms with Crippen LogP contribution in [0.25, 0.3) is 0 Å². The third kappa shape index (κ3) is 2.60. The zero-order chi connectivity index (χ0) is 11.7. The van der Waals surface area contributed by atoms with Crippen molar-refractivity contribution >= 4 is 5.97 Å². The fourth-order valence-corrected chi connectivity index (χ4v) is 2.22. The van der Waals surface area contributed by atoms with Gasteiger partial charge in [0.25, 0.3) is 0 Å². The van der Waals surface area contributed by atoms with Crippen LogP contribution in [0.15, 0.2) is 18.2 Å². The van der Waals surface area contributed by atoms with Gasteiger partial charge < -0.3 is 5.11 Å². The molecule has 1 aromatic carbocycles. The van der Waals surface area contributed by atoms with Crippen molar-refractivity contribution in [3.8, 4) is 0 Å². The zero-order valence-electron chi connectivity index (χ0n) is 9.24. The van der Waals surface area contributed by atoms with Crippen LogP contribution in [0.4, 0.5) is 4.39 Å². The molecule has 1 aliphatic carbocycles. The highest BCUT2D eigenvalue weighted by atomic mass is 19.1. The molecular weight excluding hydrogens is 207 g/mol. The van der Waals surface area contributed by atoms with Gasteiger partial charge in [-0.1, -0.05) is 6.07 Å². The Morgan fingerprint density at radius 1 is 1.50 bits per heavy atom. The molecule has 16 heavy (non-hydrogen) atoms. The molecule has 2 nitrogen and oxygen atoms in total. The van der Waals surface area contributed by atoms with Gasteiger partial charge in [-0.15, -0.1) is 0 Å². The third-order valence-corrected chi connectivity index (χ3v) is 3.08. The number of aliphatic carboxylic acids is 1. The molecule has 0 heterocycles. The van der Waals surface area contributed by atoms with Crippen LogP contribution in [-0.4, -0.2) is 11.1 Å². The first kappa shape index (κ1) is 11.1. The molecular formula is C13H15FO2. The molecule has 1 saturated carbocycles. The summed E-state index contributed by atoms with van der Waals surface area (Å²) < 4.78 is 13.3. The van der Waals surface area contributed by atoms with E-state index in [4.69, 9.17) is 5.11 Å². The van der Waals surface area contributed by atoms with Crippen molar-refractivity contribution in [2.75, 3.05) is 0 Å². The van der Waals surface area contributed by atoms with E-state index < -0.39 is 5.97 Å². The molecule has 0 saturated heterocycles. The molecule has 1 N–H and O–H groups in total.